The van der Waals surface area contributed by atoms with Crippen LogP contribution in [-0.4, -0.2) is 60.7 Å². The van der Waals surface area contributed by atoms with E-state index in [0.717, 1.165) is 5.56 Å². The summed E-state index contributed by atoms with van der Waals surface area (Å²) in [4.78, 5) is 13.1. The number of allylic oxidation sites excluding steroid dienone is 1. The van der Waals surface area contributed by atoms with Gasteiger partial charge in [-0.1, -0.05) is 12.2 Å². The van der Waals surface area contributed by atoms with E-state index in [9.17, 15) is 9.90 Å². The molecule has 41 heavy (non-hydrogen) atoms. The maximum Gasteiger partial charge on any atom is 0.204 e. The topological polar surface area (TPSA) is 114 Å². The van der Waals surface area contributed by atoms with E-state index < -0.39 is 0 Å². The van der Waals surface area contributed by atoms with E-state index in [1.54, 1.807) is 50.6 Å². The summed E-state index contributed by atoms with van der Waals surface area (Å²) in [5.41, 5.74) is 2.25. The molecule has 3 rings (SSSR count). The van der Waals surface area contributed by atoms with Gasteiger partial charge in [0.25, 0.3) is 0 Å². The molecule has 0 radical (unpaired) electrons. The first-order valence-electron chi connectivity index (χ1n) is 12.1. The van der Waals surface area contributed by atoms with E-state index >= 15 is 0 Å². The van der Waals surface area contributed by atoms with Crippen LogP contribution in [0.25, 0.3) is 12.2 Å². The van der Waals surface area contributed by atoms with Crippen molar-refractivity contribution in [2.24, 2.45) is 0 Å². The first-order chi connectivity index (χ1) is 19.8. The summed E-state index contributed by atoms with van der Waals surface area (Å²) in [6, 6.07) is 8.31. The van der Waals surface area contributed by atoms with E-state index in [2.05, 4.69) is 21.2 Å². The minimum atomic E-state index is -0.330. The molecular formula is C30H32BrNO9. The average Bonchev–Trinajstić information content (AvgIpc) is 2.99. The van der Waals surface area contributed by atoms with Gasteiger partial charge in [0.2, 0.25) is 11.5 Å². The van der Waals surface area contributed by atoms with Gasteiger partial charge in [-0.05, 0) is 45.8 Å². The van der Waals surface area contributed by atoms with Crippen molar-refractivity contribution in [1.82, 2.24) is 0 Å². The zero-order valence-corrected chi connectivity index (χ0v) is 25.4. The molecular weight excluding hydrogens is 598 g/mol. The highest BCUT2D eigenvalue weighted by Gasteiger charge is 2.22. The Kier molecular flexibility index (Phi) is 10.8. The Bertz CT molecular complexity index is 1440. The summed E-state index contributed by atoms with van der Waals surface area (Å²) in [5.74, 6) is 2.39. The molecule has 0 aromatic heterocycles. The fraction of sp³-hybridized carbons (Fsp3) is 0.233. The van der Waals surface area contributed by atoms with Crippen LogP contribution in [0, 0.1) is 0 Å². The first-order valence-corrected chi connectivity index (χ1v) is 12.9. The van der Waals surface area contributed by atoms with Gasteiger partial charge in [-0.25, -0.2) is 0 Å². The van der Waals surface area contributed by atoms with Gasteiger partial charge < -0.3 is 43.6 Å². The predicted octanol–water partition coefficient (Wildman–Crippen LogP) is 6.19. The van der Waals surface area contributed by atoms with Gasteiger partial charge in [-0.3, -0.25) is 4.79 Å². The van der Waals surface area contributed by atoms with Crippen LogP contribution in [0.4, 0.5) is 5.69 Å². The number of rotatable bonds is 13. The van der Waals surface area contributed by atoms with Gasteiger partial charge in [0, 0.05) is 35.2 Å². The number of phenols is 1. The van der Waals surface area contributed by atoms with Crippen molar-refractivity contribution in [2.45, 2.75) is 0 Å². The number of halogens is 1. The fourth-order valence-corrected chi connectivity index (χ4v) is 4.64. The summed E-state index contributed by atoms with van der Waals surface area (Å²) in [7, 11) is 10.5. The van der Waals surface area contributed by atoms with Crippen LogP contribution in [0.3, 0.4) is 0 Å². The third-order valence-corrected chi connectivity index (χ3v) is 6.79. The molecule has 0 atom stereocenters. The Morgan fingerprint density at radius 2 is 1.27 bits per heavy atom. The van der Waals surface area contributed by atoms with Crippen LogP contribution in [0.5, 0.6) is 46.0 Å². The van der Waals surface area contributed by atoms with Gasteiger partial charge in [-0.15, -0.1) is 0 Å². The molecule has 0 saturated heterocycles. The minimum Gasteiger partial charge on any atom is -0.504 e. The van der Waals surface area contributed by atoms with Crippen LogP contribution in [-0.2, 0) is 0 Å². The zero-order valence-electron chi connectivity index (χ0n) is 23.8. The number of phenolic OH excluding ortho intramolecular Hbond substituents is 1. The number of aromatic hydroxyl groups is 1. The fourth-order valence-electron chi connectivity index (χ4n) is 3.99. The number of benzene rings is 3. The van der Waals surface area contributed by atoms with Gasteiger partial charge in [-0.2, -0.15) is 0 Å². The minimum absolute atomic E-state index is 0.0519. The maximum atomic E-state index is 13.1. The van der Waals surface area contributed by atoms with Gasteiger partial charge in [0.1, 0.15) is 0 Å². The molecule has 3 aromatic rings. The van der Waals surface area contributed by atoms with Crippen molar-refractivity contribution in [3.63, 3.8) is 0 Å². The molecule has 0 fully saturated rings. The highest BCUT2D eigenvalue weighted by atomic mass is 79.9. The molecule has 0 aliphatic rings. The van der Waals surface area contributed by atoms with E-state index in [1.165, 1.54) is 47.8 Å². The van der Waals surface area contributed by atoms with Crippen molar-refractivity contribution < 1.29 is 43.1 Å². The molecule has 2 N–H and O–H groups in total. The lowest BCUT2D eigenvalue weighted by atomic mass is 10.1. The summed E-state index contributed by atoms with van der Waals surface area (Å²) < 4.78 is 38.1. The van der Waals surface area contributed by atoms with E-state index in [0.29, 0.717) is 55.8 Å². The van der Waals surface area contributed by atoms with Crippen LogP contribution in [0.15, 0.2) is 47.1 Å². The monoisotopic (exact) mass is 629 g/mol. The van der Waals surface area contributed by atoms with E-state index in [4.69, 9.17) is 33.2 Å². The molecule has 0 saturated carbocycles. The summed E-state index contributed by atoms with van der Waals surface area (Å²) in [6.07, 6.45) is 6.45. The molecule has 3 aromatic carbocycles. The SMILES string of the molecule is COc1cc(N/C=C\C(=O)c2cc(OC)c(OC)c(OC)c2Br)c(/C=C\c2cc(OC)c(OC)c(OC)c2)cc1O. The quantitative estimate of drug-likeness (QED) is 0.0981. The van der Waals surface area contributed by atoms with Crippen LogP contribution in [0.2, 0.25) is 0 Å². The molecule has 0 amide bonds. The highest BCUT2D eigenvalue weighted by molar-refractivity contribution is 9.10. The molecule has 10 nitrogen and oxygen atoms in total. The largest absolute Gasteiger partial charge is 0.504 e. The standard InChI is InChI=1S/C30H32BrNO9/c1-35-23-16-20(32-11-10-21(33)19-15-26(38-4)29(40-6)30(41-7)27(19)31)18(14-22(23)34)9-8-17-12-24(36-2)28(39-5)25(13-17)37-3/h8-16,32,34H,1-7H3/b9-8-,11-10-. The Hall–Kier alpha value is -4.51. The lowest BCUT2D eigenvalue weighted by molar-refractivity contribution is 0.104. The highest BCUT2D eigenvalue weighted by Crippen LogP contribution is 2.45. The Balaban J connectivity index is 1.95. The number of ether oxygens (including phenoxy) is 7. The van der Waals surface area contributed by atoms with Crippen LogP contribution >= 0.6 is 15.9 Å². The smallest absolute Gasteiger partial charge is 0.204 e. The number of ketones is 1. The molecule has 0 aliphatic carbocycles. The van der Waals surface area contributed by atoms with Crippen molar-refractivity contribution in [3.8, 4) is 46.0 Å². The molecule has 0 unspecified atom stereocenters. The van der Waals surface area contributed by atoms with Crippen LogP contribution < -0.4 is 38.5 Å². The number of carbonyl (C=O) groups is 1. The molecule has 0 spiro atoms. The van der Waals surface area contributed by atoms with Crippen molar-refractivity contribution in [3.05, 3.63) is 63.8 Å². The third-order valence-electron chi connectivity index (χ3n) is 6.00. The first kappa shape index (κ1) is 31.0. The van der Waals surface area contributed by atoms with Gasteiger partial charge in [0.15, 0.2) is 40.3 Å². The average molecular weight is 630 g/mol. The van der Waals surface area contributed by atoms with Crippen molar-refractivity contribution in [1.29, 1.82) is 0 Å². The van der Waals surface area contributed by atoms with E-state index in [-0.39, 0.29) is 17.3 Å². The second-order valence-electron chi connectivity index (χ2n) is 8.25. The lowest BCUT2D eigenvalue weighted by Crippen LogP contribution is -2.03. The molecule has 0 heterocycles. The second kappa shape index (κ2) is 14.2. The number of anilines is 1. The number of hydrogen-bond donors (Lipinski definition) is 2. The predicted molar refractivity (Wildman–Crippen MR) is 161 cm³/mol. The van der Waals surface area contributed by atoms with Crippen molar-refractivity contribution >= 4 is 39.6 Å². The van der Waals surface area contributed by atoms with E-state index in [1.807, 2.05) is 6.08 Å². The maximum absolute atomic E-state index is 13.1. The Morgan fingerprint density at radius 3 is 1.80 bits per heavy atom. The summed E-state index contributed by atoms with van der Waals surface area (Å²) in [5, 5.41) is 13.5. The number of methoxy groups -OCH3 is 7. The van der Waals surface area contributed by atoms with Gasteiger partial charge in [0.05, 0.1) is 54.2 Å². The lowest BCUT2D eigenvalue weighted by Gasteiger charge is -2.15. The summed E-state index contributed by atoms with van der Waals surface area (Å²) >= 11 is 3.43. The second-order valence-corrected chi connectivity index (χ2v) is 9.05. The Morgan fingerprint density at radius 1 is 0.707 bits per heavy atom. The van der Waals surface area contributed by atoms with Gasteiger partial charge >= 0.3 is 0 Å². The molecule has 0 aliphatic heterocycles. The van der Waals surface area contributed by atoms with Crippen molar-refractivity contribution in [2.75, 3.05) is 55.1 Å². The third kappa shape index (κ3) is 6.80. The zero-order chi connectivity index (χ0) is 30.1. The Labute approximate surface area is 247 Å². The van der Waals surface area contributed by atoms with Crippen LogP contribution in [0.1, 0.15) is 21.5 Å². The molecule has 0 bridgehead atoms. The summed E-state index contributed by atoms with van der Waals surface area (Å²) in [6.45, 7) is 0. The number of hydrogen-bond acceptors (Lipinski definition) is 10. The normalized spacial score (nSPS) is 10.9. The molecule has 218 valence electrons. The molecule has 11 heteroatoms. The number of nitrogens with one attached hydrogen (secondary N) is 1. The number of carbonyl (C=O) groups excluding carboxylic acids is 1.